The molecule has 1 N–H and O–H groups in total. The number of benzene rings is 1. The third-order valence-corrected chi connectivity index (χ3v) is 4.18. The van der Waals surface area contributed by atoms with Gasteiger partial charge in [0.25, 0.3) is 11.6 Å². The minimum atomic E-state index is -0.661. The smallest absolute Gasteiger partial charge is 0.290 e. The first-order valence-electron chi connectivity index (χ1n) is 6.52. The predicted octanol–water partition coefficient (Wildman–Crippen LogP) is 2.73. The number of carbonyl (C=O) groups is 1. The van der Waals surface area contributed by atoms with Gasteiger partial charge in [0.2, 0.25) is 0 Å². The Morgan fingerprint density at radius 3 is 2.71 bits per heavy atom. The van der Waals surface area contributed by atoms with Crippen molar-refractivity contribution in [3.63, 3.8) is 0 Å². The van der Waals surface area contributed by atoms with E-state index in [0.717, 1.165) is 12.6 Å². The third kappa shape index (κ3) is 4.06. The monoisotopic (exact) mass is 331 g/mol. The van der Waals surface area contributed by atoms with Gasteiger partial charge in [-0.3, -0.25) is 14.9 Å². The van der Waals surface area contributed by atoms with Gasteiger partial charge in [-0.2, -0.15) is 0 Å². The molecule has 0 saturated heterocycles. The Kier molecular flexibility index (Phi) is 5.03. The summed E-state index contributed by atoms with van der Waals surface area (Å²) in [5, 5.41) is 13.4. The molecular weight excluding hydrogens is 317 g/mol. The summed E-state index contributed by atoms with van der Waals surface area (Å²) in [6.07, 6.45) is 2.40. The van der Waals surface area contributed by atoms with Crippen LogP contribution in [0.25, 0.3) is 0 Å². The molecule has 1 fully saturated rings. The van der Waals surface area contributed by atoms with Gasteiger partial charge in [-0.1, -0.05) is 23.2 Å². The lowest BCUT2D eigenvalue weighted by Gasteiger charge is -2.15. The fraction of sp³-hybridized carbons (Fsp3) is 0.462. The Morgan fingerprint density at radius 1 is 1.48 bits per heavy atom. The average Bonchev–Trinajstić information content (AvgIpc) is 3.25. The van der Waals surface area contributed by atoms with E-state index >= 15 is 0 Å². The first-order valence-corrected chi connectivity index (χ1v) is 7.27. The van der Waals surface area contributed by atoms with E-state index < -0.39 is 10.8 Å². The average molecular weight is 332 g/mol. The highest BCUT2D eigenvalue weighted by Gasteiger charge is 2.25. The van der Waals surface area contributed by atoms with E-state index in [4.69, 9.17) is 23.2 Å². The zero-order valence-corrected chi connectivity index (χ0v) is 12.9. The molecule has 0 heterocycles. The summed E-state index contributed by atoms with van der Waals surface area (Å²) in [5.74, 6) is -0.402. The van der Waals surface area contributed by atoms with Gasteiger partial charge < -0.3 is 10.2 Å². The second-order valence-electron chi connectivity index (χ2n) is 5.02. The predicted molar refractivity (Wildman–Crippen MR) is 81.1 cm³/mol. The summed E-state index contributed by atoms with van der Waals surface area (Å²) in [7, 11) is 2.01. The van der Waals surface area contributed by atoms with Gasteiger partial charge in [-0.25, -0.2) is 0 Å². The van der Waals surface area contributed by atoms with E-state index in [0.29, 0.717) is 12.6 Å². The third-order valence-electron chi connectivity index (χ3n) is 3.39. The van der Waals surface area contributed by atoms with Crippen molar-refractivity contribution in [3.8, 4) is 0 Å². The van der Waals surface area contributed by atoms with Crippen molar-refractivity contribution in [2.24, 2.45) is 0 Å². The summed E-state index contributed by atoms with van der Waals surface area (Å²) in [5.41, 5.74) is -0.241. The number of hydrogen-bond donors (Lipinski definition) is 1. The molecule has 21 heavy (non-hydrogen) atoms. The van der Waals surface area contributed by atoms with Crippen LogP contribution in [0.3, 0.4) is 0 Å². The Morgan fingerprint density at radius 2 is 2.14 bits per heavy atom. The van der Waals surface area contributed by atoms with E-state index in [1.165, 1.54) is 18.9 Å². The molecule has 2 rings (SSSR count). The van der Waals surface area contributed by atoms with Crippen molar-refractivity contribution in [2.45, 2.75) is 18.9 Å². The lowest BCUT2D eigenvalue weighted by atomic mass is 10.2. The highest BCUT2D eigenvalue weighted by Crippen LogP contribution is 2.33. The molecule has 1 aromatic carbocycles. The summed E-state index contributed by atoms with van der Waals surface area (Å²) in [6.45, 7) is 1.21. The van der Waals surface area contributed by atoms with Crippen LogP contribution in [0.1, 0.15) is 23.2 Å². The number of carbonyl (C=O) groups excluding carboxylic acids is 1. The number of likely N-dealkylation sites (N-methyl/N-ethyl adjacent to an activating group) is 1. The zero-order chi connectivity index (χ0) is 15.6. The van der Waals surface area contributed by atoms with Crippen molar-refractivity contribution >= 4 is 34.8 Å². The van der Waals surface area contributed by atoms with Gasteiger partial charge >= 0.3 is 0 Å². The number of amides is 1. The first kappa shape index (κ1) is 16.0. The van der Waals surface area contributed by atoms with Crippen LogP contribution in [0, 0.1) is 10.1 Å². The Hall–Kier alpha value is -1.37. The van der Waals surface area contributed by atoms with Crippen molar-refractivity contribution in [1.82, 2.24) is 10.2 Å². The van der Waals surface area contributed by atoms with Crippen LogP contribution in [0.4, 0.5) is 5.69 Å². The normalized spacial score (nSPS) is 14.3. The molecule has 8 heteroatoms. The lowest BCUT2D eigenvalue weighted by molar-refractivity contribution is -0.384. The molecule has 1 amide bonds. The summed E-state index contributed by atoms with van der Waals surface area (Å²) in [4.78, 5) is 24.4. The van der Waals surface area contributed by atoms with Crippen LogP contribution in [-0.4, -0.2) is 41.9 Å². The van der Waals surface area contributed by atoms with Gasteiger partial charge in [0.1, 0.15) is 5.02 Å². The van der Waals surface area contributed by atoms with E-state index in [2.05, 4.69) is 10.2 Å². The number of nitrogens with one attached hydrogen (secondary N) is 1. The Labute approximate surface area is 132 Å². The maximum Gasteiger partial charge on any atom is 0.290 e. The molecule has 1 aromatic rings. The zero-order valence-electron chi connectivity index (χ0n) is 11.4. The minimum Gasteiger partial charge on any atom is -0.351 e. The molecule has 0 bridgehead atoms. The highest BCUT2D eigenvalue weighted by molar-refractivity contribution is 6.43. The van der Waals surface area contributed by atoms with Crippen molar-refractivity contribution in [1.29, 1.82) is 0 Å². The van der Waals surface area contributed by atoms with Crippen LogP contribution < -0.4 is 5.32 Å². The van der Waals surface area contributed by atoms with Crippen LogP contribution in [-0.2, 0) is 0 Å². The van der Waals surface area contributed by atoms with Crippen LogP contribution in [0.5, 0.6) is 0 Å². The highest BCUT2D eigenvalue weighted by atomic mass is 35.5. The lowest BCUT2D eigenvalue weighted by Crippen LogP contribution is -2.34. The van der Waals surface area contributed by atoms with Crippen LogP contribution in [0.2, 0.25) is 10.0 Å². The van der Waals surface area contributed by atoms with Gasteiger partial charge in [-0.15, -0.1) is 0 Å². The molecule has 114 valence electrons. The molecule has 0 atom stereocenters. The summed E-state index contributed by atoms with van der Waals surface area (Å²) >= 11 is 11.6. The van der Waals surface area contributed by atoms with Crippen molar-refractivity contribution < 1.29 is 9.72 Å². The maximum atomic E-state index is 12.0. The molecule has 0 spiro atoms. The van der Waals surface area contributed by atoms with Crippen LogP contribution in [0.15, 0.2) is 12.1 Å². The van der Waals surface area contributed by atoms with Crippen LogP contribution >= 0.6 is 23.2 Å². The fourth-order valence-corrected chi connectivity index (χ4v) is 2.38. The number of hydrogen-bond acceptors (Lipinski definition) is 4. The first-order chi connectivity index (χ1) is 9.90. The second kappa shape index (κ2) is 6.60. The molecular formula is C13H15Cl2N3O3. The minimum absolute atomic E-state index is 0.00823. The van der Waals surface area contributed by atoms with E-state index in [9.17, 15) is 14.9 Å². The van der Waals surface area contributed by atoms with E-state index in [-0.39, 0.29) is 21.3 Å². The summed E-state index contributed by atoms with van der Waals surface area (Å²) in [6, 6.07) is 3.08. The van der Waals surface area contributed by atoms with Crippen molar-refractivity contribution in [2.75, 3.05) is 20.1 Å². The summed E-state index contributed by atoms with van der Waals surface area (Å²) < 4.78 is 0. The van der Waals surface area contributed by atoms with Gasteiger partial charge in [-0.05, 0) is 26.0 Å². The molecule has 0 unspecified atom stereocenters. The van der Waals surface area contributed by atoms with E-state index in [1.807, 2.05) is 7.05 Å². The maximum absolute atomic E-state index is 12.0. The largest absolute Gasteiger partial charge is 0.351 e. The molecule has 0 radical (unpaired) electrons. The molecule has 1 aliphatic carbocycles. The van der Waals surface area contributed by atoms with Gasteiger partial charge in [0.05, 0.1) is 9.95 Å². The Bertz CT molecular complexity index is 576. The van der Waals surface area contributed by atoms with Crippen molar-refractivity contribution in [3.05, 3.63) is 37.9 Å². The fourth-order valence-electron chi connectivity index (χ4n) is 1.98. The molecule has 1 saturated carbocycles. The van der Waals surface area contributed by atoms with Gasteiger partial charge in [0.15, 0.2) is 0 Å². The quantitative estimate of drug-likeness (QED) is 0.642. The topological polar surface area (TPSA) is 75.5 Å². The molecule has 1 aliphatic rings. The number of nitrogens with zero attached hydrogens (tertiary/aromatic N) is 2. The standard InChI is InChI=1S/C13H15Cl2N3O3/c1-17(9-2-3-9)5-4-16-13(19)8-6-10(14)12(15)11(7-8)18(20)21/h6-7,9H,2-5H2,1H3,(H,16,19). The SMILES string of the molecule is CN(CCNC(=O)c1cc(Cl)c(Cl)c([N+](=O)[O-])c1)C1CC1. The Balaban J connectivity index is 1.99. The number of nitro groups is 1. The molecule has 0 aliphatic heterocycles. The van der Waals surface area contributed by atoms with E-state index in [1.54, 1.807) is 0 Å². The molecule has 6 nitrogen and oxygen atoms in total. The number of nitro benzene ring substituents is 1. The van der Waals surface area contributed by atoms with Gasteiger partial charge in [0, 0.05) is 30.8 Å². The number of halogens is 2. The second-order valence-corrected chi connectivity index (χ2v) is 5.80. The number of rotatable bonds is 6. The molecule has 0 aromatic heterocycles.